The number of carboxylic acids is 1. The molecule has 0 fully saturated rings. The highest BCUT2D eigenvalue weighted by Crippen LogP contribution is 2.34. The number of aromatic nitrogens is 3. The van der Waals surface area contributed by atoms with Gasteiger partial charge in [0.15, 0.2) is 0 Å². The Morgan fingerprint density at radius 1 is 1.22 bits per heavy atom. The van der Waals surface area contributed by atoms with Gasteiger partial charge < -0.3 is 9.84 Å². The van der Waals surface area contributed by atoms with Crippen LogP contribution in [0.1, 0.15) is 47.1 Å². The summed E-state index contributed by atoms with van der Waals surface area (Å²) in [6, 6.07) is 16.7. The molecule has 0 saturated carbocycles. The maximum atomic E-state index is 15.0. The molecule has 0 amide bonds. The van der Waals surface area contributed by atoms with Gasteiger partial charge in [0, 0.05) is 43.7 Å². The van der Waals surface area contributed by atoms with Crippen LogP contribution in [0.3, 0.4) is 0 Å². The summed E-state index contributed by atoms with van der Waals surface area (Å²) < 4.78 is 22.8. The highest BCUT2D eigenvalue weighted by Gasteiger charge is 2.25. The summed E-state index contributed by atoms with van der Waals surface area (Å²) in [5.41, 5.74) is 5.72. The molecule has 186 valence electrons. The number of carbonyl (C=O) groups is 1. The summed E-state index contributed by atoms with van der Waals surface area (Å²) in [7, 11) is 1.82. The Bertz CT molecular complexity index is 1430. The van der Waals surface area contributed by atoms with E-state index in [1.165, 1.54) is 6.07 Å². The minimum absolute atomic E-state index is 0.0407. The van der Waals surface area contributed by atoms with E-state index in [4.69, 9.17) is 4.74 Å². The van der Waals surface area contributed by atoms with Crippen molar-refractivity contribution in [2.24, 2.45) is 7.05 Å². The molecule has 1 N–H and O–H groups in total. The van der Waals surface area contributed by atoms with Gasteiger partial charge in [-0.15, -0.1) is 5.10 Å². The Labute approximate surface area is 209 Å². The molecule has 0 spiro atoms. The zero-order valence-electron chi connectivity index (χ0n) is 20.6. The van der Waals surface area contributed by atoms with Crippen LogP contribution < -0.4 is 4.74 Å². The van der Waals surface area contributed by atoms with Gasteiger partial charge in [0.25, 0.3) is 0 Å². The highest BCUT2D eigenvalue weighted by molar-refractivity contribution is 5.80. The molecule has 0 saturated heterocycles. The molecule has 0 radical (unpaired) electrons. The summed E-state index contributed by atoms with van der Waals surface area (Å²) in [6.45, 7) is 5.63. The van der Waals surface area contributed by atoms with Gasteiger partial charge in [-0.2, -0.15) is 0 Å². The van der Waals surface area contributed by atoms with Crippen LogP contribution >= 0.6 is 0 Å². The molecule has 2 atom stereocenters. The van der Waals surface area contributed by atoms with Crippen molar-refractivity contribution < 1.29 is 19.0 Å². The largest absolute Gasteiger partial charge is 0.489 e. The SMILES string of the molecule is Cc1c(C(CC(=O)O)c2ccc(F)c(CN3Cc4ccccc4OC(C)C3)c2)ccc2c1nnn2C. The molecule has 8 heteroatoms. The third-order valence-corrected chi connectivity index (χ3v) is 6.91. The summed E-state index contributed by atoms with van der Waals surface area (Å²) in [5, 5.41) is 18.1. The smallest absolute Gasteiger partial charge is 0.304 e. The van der Waals surface area contributed by atoms with E-state index in [-0.39, 0.29) is 18.3 Å². The third kappa shape index (κ3) is 4.68. The molecule has 0 aliphatic carbocycles. The second kappa shape index (κ2) is 9.70. The third-order valence-electron chi connectivity index (χ3n) is 6.91. The first kappa shape index (κ1) is 23.9. The van der Waals surface area contributed by atoms with Gasteiger partial charge in [-0.05, 0) is 48.7 Å². The average Bonchev–Trinajstić information content (AvgIpc) is 3.13. The fraction of sp³-hybridized carbons (Fsp3) is 0.321. The van der Waals surface area contributed by atoms with Crippen LogP contribution in [0.2, 0.25) is 0 Å². The van der Waals surface area contributed by atoms with Gasteiger partial charge in [0.05, 0.1) is 11.9 Å². The van der Waals surface area contributed by atoms with Crippen LogP contribution in [-0.4, -0.2) is 43.6 Å². The van der Waals surface area contributed by atoms with Crippen LogP contribution in [0, 0.1) is 12.7 Å². The predicted octanol–water partition coefficient (Wildman–Crippen LogP) is 4.81. The summed E-state index contributed by atoms with van der Waals surface area (Å²) in [5.74, 6) is -0.807. The van der Waals surface area contributed by atoms with Crippen LogP contribution in [0.15, 0.2) is 54.6 Å². The van der Waals surface area contributed by atoms with E-state index in [0.29, 0.717) is 25.2 Å². The lowest BCUT2D eigenvalue weighted by Gasteiger charge is -2.24. The molecular weight excluding hydrogens is 459 g/mol. The van der Waals surface area contributed by atoms with Crippen LogP contribution in [0.25, 0.3) is 11.0 Å². The first-order chi connectivity index (χ1) is 17.3. The molecular formula is C28H29FN4O3. The number of ether oxygens (including phenoxy) is 1. The molecule has 2 unspecified atom stereocenters. The van der Waals surface area contributed by atoms with E-state index in [1.807, 2.05) is 63.4 Å². The second-order valence-corrected chi connectivity index (χ2v) is 9.57. The van der Waals surface area contributed by atoms with Crippen molar-refractivity contribution >= 4 is 17.0 Å². The number of carboxylic acid groups (broad SMARTS) is 1. The predicted molar refractivity (Wildman–Crippen MR) is 134 cm³/mol. The number of fused-ring (bicyclic) bond motifs is 2. The fourth-order valence-electron chi connectivity index (χ4n) is 5.17. The lowest BCUT2D eigenvalue weighted by molar-refractivity contribution is -0.137. The van der Waals surface area contributed by atoms with Crippen molar-refractivity contribution in [2.45, 2.75) is 45.4 Å². The standard InChI is InChI=1S/C28H29FN4O3/c1-17-14-33(15-20-6-4-5-7-26(20)36-17)16-21-12-19(8-10-24(21)29)23(13-27(34)35)22-9-11-25-28(18(22)2)30-31-32(25)3/h4-12,17,23H,13-16H2,1-3H3,(H,34,35). The Morgan fingerprint density at radius 2 is 2.03 bits per heavy atom. The Balaban J connectivity index is 1.50. The molecule has 1 aliphatic rings. The van der Waals surface area contributed by atoms with Crippen LogP contribution in [-0.2, 0) is 24.9 Å². The van der Waals surface area contributed by atoms with Crippen LogP contribution in [0.4, 0.5) is 4.39 Å². The van der Waals surface area contributed by atoms with Gasteiger partial charge in [0.2, 0.25) is 0 Å². The van der Waals surface area contributed by atoms with E-state index in [9.17, 15) is 9.90 Å². The van der Waals surface area contributed by atoms with Gasteiger partial charge >= 0.3 is 5.97 Å². The van der Waals surface area contributed by atoms with Crippen molar-refractivity contribution in [3.8, 4) is 5.75 Å². The van der Waals surface area contributed by atoms with Gasteiger partial charge in [0.1, 0.15) is 23.2 Å². The Morgan fingerprint density at radius 3 is 2.83 bits per heavy atom. The summed E-state index contributed by atoms with van der Waals surface area (Å²) in [4.78, 5) is 14.0. The molecule has 1 aliphatic heterocycles. The summed E-state index contributed by atoms with van der Waals surface area (Å²) in [6.07, 6.45) is -0.152. The van der Waals surface area contributed by atoms with Crippen molar-refractivity contribution in [2.75, 3.05) is 6.54 Å². The van der Waals surface area contributed by atoms with Crippen molar-refractivity contribution in [3.63, 3.8) is 0 Å². The van der Waals surface area contributed by atoms with Gasteiger partial charge in [-0.1, -0.05) is 41.6 Å². The minimum Gasteiger partial charge on any atom is -0.489 e. The maximum Gasteiger partial charge on any atom is 0.304 e. The fourth-order valence-corrected chi connectivity index (χ4v) is 5.17. The van der Waals surface area contributed by atoms with E-state index < -0.39 is 11.9 Å². The molecule has 5 rings (SSSR count). The number of nitrogens with zero attached hydrogens (tertiary/aromatic N) is 4. The topological polar surface area (TPSA) is 80.5 Å². The van der Waals surface area contributed by atoms with E-state index >= 15 is 4.39 Å². The maximum absolute atomic E-state index is 15.0. The van der Waals surface area contributed by atoms with Crippen molar-refractivity contribution in [3.05, 3.63) is 88.2 Å². The van der Waals surface area contributed by atoms with Crippen LogP contribution in [0.5, 0.6) is 5.75 Å². The van der Waals surface area contributed by atoms with Crippen molar-refractivity contribution in [1.82, 2.24) is 19.9 Å². The normalized spacial score (nSPS) is 16.8. The van der Waals surface area contributed by atoms with E-state index in [1.54, 1.807) is 10.7 Å². The number of para-hydroxylation sites is 1. The minimum atomic E-state index is -0.917. The molecule has 36 heavy (non-hydrogen) atoms. The summed E-state index contributed by atoms with van der Waals surface area (Å²) >= 11 is 0. The number of rotatable bonds is 6. The molecule has 2 heterocycles. The average molecular weight is 489 g/mol. The molecule has 0 bridgehead atoms. The zero-order chi connectivity index (χ0) is 25.4. The van der Waals surface area contributed by atoms with E-state index in [2.05, 4.69) is 15.2 Å². The monoisotopic (exact) mass is 488 g/mol. The van der Waals surface area contributed by atoms with Gasteiger partial charge in [-0.25, -0.2) is 9.07 Å². The first-order valence-corrected chi connectivity index (χ1v) is 12.1. The number of hydrogen-bond acceptors (Lipinski definition) is 5. The molecule has 7 nitrogen and oxygen atoms in total. The first-order valence-electron chi connectivity index (χ1n) is 12.1. The second-order valence-electron chi connectivity index (χ2n) is 9.57. The lowest BCUT2D eigenvalue weighted by Crippen LogP contribution is -2.30. The highest BCUT2D eigenvalue weighted by atomic mass is 19.1. The Hall–Kier alpha value is -3.78. The van der Waals surface area contributed by atoms with Crippen molar-refractivity contribution in [1.29, 1.82) is 0 Å². The molecule has 3 aromatic carbocycles. The van der Waals surface area contributed by atoms with Gasteiger partial charge in [-0.3, -0.25) is 9.69 Å². The zero-order valence-corrected chi connectivity index (χ0v) is 20.6. The molecule has 1 aromatic heterocycles. The lowest BCUT2D eigenvalue weighted by atomic mass is 9.85. The quantitative estimate of drug-likeness (QED) is 0.420. The number of hydrogen-bond donors (Lipinski definition) is 1. The number of benzene rings is 3. The number of aryl methyl sites for hydroxylation is 2. The van der Waals surface area contributed by atoms with E-state index in [0.717, 1.165) is 39.0 Å². The molecule has 4 aromatic rings. The number of halogens is 1. The number of aliphatic carboxylic acids is 1. The Kier molecular flexibility index (Phi) is 6.45.